The first-order valence-corrected chi connectivity index (χ1v) is 11.6. The van der Waals surface area contributed by atoms with Crippen molar-refractivity contribution in [3.8, 4) is 11.5 Å². The molecule has 0 unspecified atom stereocenters. The first kappa shape index (κ1) is 25.5. The lowest BCUT2D eigenvalue weighted by Gasteiger charge is -2.32. The molecule has 0 saturated heterocycles. The van der Waals surface area contributed by atoms with Crippen molar-refractivity contribution in [2.45, 2.75) is 72.1 Å². The number of nitrogens with one attached hydrogen (secondary N) is 1. The summed E-state index contributed by atoms with van der Waals surface area (Å²) in [5, 5.41) is 13.5. The maximum Gasteiger partial charge on any atom is 0.413 e. The molecule has 176 valence electrons. The lowest BCUT2D eigenvalue weighted by Crippen LogP contribution is -2.33. The largest absolute Gasteiger partial charge is 0.507 e. The molecule has 0 spiro atoms. The Morgan fingerprint density at radius 2 is 2.00 bits per heavy atom. The van der Waals surface area contributed by atoms with E-state index in [1.54, 1.807) is 13.0 Å². The minimum absolute atomic E-state index is 0.120. The summed E-state index contributed by atoms with van der Waals surface area (Å²) in [6.07, 6.45) is 7.23. The van der Waals surface area contributed by atoms with Crippen molar-refractivity contribution >= 4 is 12.1 Å². The standard InChI is InChI=1S/C26H37NO5/c1-6-8-9-10-19-14-22(28)25(21-13-18(5)11-12-20(21)17(3)4)23(15-19)32-26(30)27-16-24(29)31-7-2/h13-15,20-21,28H,3,6-12,16H2,1-2,4-5H3,(H,27,30)/t20-,21+/m0/s1. The minimum atomic E-state index is -0.757. The van der Waals surface area contributed by atoms with Gasteiger partial charge in [-0.2, -0.15) is 0 Å². The molecule has 0 heterocycles. The maximum atomic E-state index is 12.5. The molecule has 1 aliphatic carbocycles. The number of carbonyl (C=O) groups is 2. The molecule has 0 saturated carbocycles. The van der Waals surface area contributed by atoms with Crippen LogP contribution in [0.25, 0.3) is 0 Å². The number of aromatic hydroxyl groups is 1. The first-order valence-electron chi connectivity index (χ1n) is 11.6. The Balaban J connectivity index is 2.38. The molecule has 1 amide bonds. The first-order chi connectivity index (χ1) is 15.3. The summed E-state index contributed by atoms with van der Waals surface area (Å²) >= 11 is 0. The van der Waals surface area contributed by atoms with Crippen LogP contribution in [0.2, 0.25) is 0 Å². The smallest absolute Gasteiger partial charge is 0.413 e. The zero-order valence-corrected chi connectivity index (χ0v) is 19.8. The van der Waals surface area contributed by atoms with Crippen LogP contribution in [0, 0.1) is 5.92 Å². The highest BCUT2D eigenvalue weighted by Crippen LogP contribution is 2.47. The van der Waals surface area contributed by atoms with Crippen LogP contribution in [0.1, 0.15) is 76.8 Å². The van der Waals surface area contributed by atoms with E-state index >= 15 is 0 Å². The van der Waals surface area contributed by atoms with Gasteiger partial charge >= 0.3 is 12.1 Å². The van der Waals surface area contributed by atoms with Gasteiger partial charge in [-0.1, -0.05) is 43.6 Å². The number of aryl methyl sites for hydroxylation is 1. The van der Waals surface area contributed by atoms with Gasteiger partial charge in [0.25, 0.3) is 0 Å². The van der Waals surface area contributed by atoms with Gasteiger partial charge in [-0.05, 0) is 70.1 Å². The van der Waals surface area contributed by atoms with E-state index in [9.17, 15) is 14.7 Å². The Bertz CT molecular complexity index is 858. The number of phenols is 1. The van der Waals surface area contributed by atoms with Crippen molar-refractivity contribution in [1.29, 1.82) is 0 Å². The quantitative estimate of drug-likeness (QED) is 0.271. The maximum absolute atomic E-state index is 12.5. The Morgan fingerprint density at radius 3 is 2.66 bits per heavy atom. The topological polar surface area (TPSA) is 84.9 Å². The fourth-order valence-corrected chi connectivity index (χ4v) is 4.21. The Hall–Kier alpha value is -2.76. The monoisotopic (exact) mass is 443 g/mol. The molecule has 2 atom stereocenters. The second kappa shape index (κ2) is 12.3. The van der Waals surface area contributed by atoms with Gasteiger partial charge in [-0.15, -0.1) is 0 Å². The molecule has 32 heavy (non-hydrogen) atoms. The summed E-state index contributed by atoms with van der Waals surface area (Å²) in [6, 6.07) is 3.61. The lowest BCUT2D eigenvalue weighted by molar-refractivity contribution is -0.141. The van der Waals surface area contributed by atoms with Gasteiger partial charge in [0.05, 0.1) is 6.61 Å². The van der Waals surface area contributed by atoms with Crippen molar-refractivity contribution in [3.63, 3.8) is 0 Å². The number of benzene rings is 1. The number of ether oxygens (including phenoxy) is 2. The van der Waals surface area contributed by atoms with Crippen molar-refractivity contribution in [2.24, 2.45) is 5.92 Å². The molecule has 0 radical (unpaired) electrons. The van der Waals surface area contributed by atoms with Crippen molar-refractivity contribution < 1.29 is 24.2 Å². The summed E-state index contributed by atoms with van der Waals surface area (Å²) in [4.78, 5) is 24.0. The molecule has 6 nitrogen and oxygen atoms in total. The van der Waals surface area contributed by atoms with Crippen molar-refractivity contribution in [1.82, 2.24) is 5.32 Å². The van der Waals surface area contributed by atoms with Gasteiger partial charge in [0, 0.05) is 11.5 Å². The number of phenolic OH excluding ortho intramolecular Hbond substituents is 1. The molecule has 2 N–H and O–H groups in total. The van der Waals surface area contributed by atoms with Crippen LogP contribution in [0.3, 0.4) is 0 Å². The van der Waals surface area contributed by atoms with Crippen molar-refractivity contribution in [3.05, 3.63) is 47.1 Å². The van der Waals surface area contributed by atoms with E-state index in [0.29, 0.717) is 11.3 Å². The number of allylic oxidation sites excluding steroid dienone is 3. The lowest BCUT2D eigenvalue weighted by atomic mass is 9.73. The van der Waals surface area contributed by atoms with Gasteiger partial charge in [-0.25, -0.2) is 4.79 Å². The molecule has 6 heteroatoms. The van der Waals surface area contributed by atoms with Gasteiger partial charge in [0.1, 0.15) is 18.0 Å². The van der Waals surface area contributed by atoms with E-state index in [0.717, 1.165) is 49.7 Å². The summed E-state index contributed by atoms with van der Waals surface area (Å²) in [5.74, 6) is -0.0947. The fourth-order valence-electron chi connectivity index (χ4n) is 4.21. The second-order valence-corrected chi connectivity index (χ2v) is 8.56. The zero-order chi connectivity index (χ0) is 23.7. The van der Waals surface area contributed by atoms with E-state index in [2.05, 4.69) is 31.8 Å². The van der Waals surface area contributed by atoms with E-state index in [4.69, 9.17) is 9.47 Å². The Labute approximate surface area is 191 Å². The highest BCUT2D eigenvalue weighted by atomic mass is 16.6. The van der Waals surface area contributed by atoms with Crippen LogP contribution < -0.4 is 10.1 Å². The Morgan fingerprint density at radius 1 is 1.25 bits per heavy atom. The fraction of sp³-hybridized carbons (Fsp3) is 0.538. The van der Waals surface area contributed by atoms with Crippen LogP contribution in [-0.4, -0.2) is 30.3 Å². The number of esters is 1. The SMILES string of the molecule is C=C(C)[C@@H]1CCC(C)=C[C@H]1c1c(O)cc(CCCCC)cc1OC(=O)NCC(=O)OCC. The number of hydrogen-bond acceptors (Lipinski definition) is 5. The summed E-state index contributed by atoms with van der Waals surface area (Å²) in [7, 11) is 0. The van der Waals surface area contributed by atoms with Crippen LogP contribution in [-0.2, 0) is 16.0 Å². The average molecular weight is 444 g/mol. The third kappa shape index (κ3) is 7.14. The van der Waals surface area contributed by atoms with Crippen LogP contribution in [0.5, 0.6) is 11.5 Å². The normalized spacial score (nSPS) is 17.9. The van der Waals surface area contributed by atoms with Gasteiger partial charge in [0.2, 0.25) is 0 Å². The van der Waals surface area contributed by atoms with E-state index in [1.807, 2.05) is 13.0 Å². The number of rotatable bonds is 10. The predicted octanol–water partition coefficient (Wildman–Crippen LogP) is 5.79. The van der Waals surface area contributed by atoms with E-state index < -0.39 is 12.1 Å². The number of unbranched alkanes of at least 4 members (excludes halogenated alkanes) is 2. The second-order valence-electron chi connectivity index (χ2n) is 8.56. The molecule has 0 aromatic heterocycles. The van der Waals surface area contributed by atoms with Crippen molar-refractivity contribution in [2.75, 3.05) is 13.2 Å². The zero-order valence-electron chi connectivity index (χ0n) is 19.8. The number of amides is 1. The molecule has 1 aliphatic rings. The summed E-state index contributed by atoms with van der Waals surface area (Å²) in [5.41, 5.74) is 3.76. The molecular formula is C26H37NO5. The minimum Gasteiger partial charge on any atom is -0.507 e. The van der Waals surface area contributed by atoms with Gasteiger partial charge < -0.3 is 19.9 Å². The molecule has 0 fully saturated rings. The van der Waals surface area contributed by atoms with Crippen LogP contribution in [0.4, 0.5) is 4.79 Å². The molecule has 1 aromatic rings. The summed E-state index contributed by atoms with van der Waals surface area (Å²) < 4.78 is 10.5. The van der Waals surface area contributed by atoms with E-state index in [1.165, 1.54) is 5.57 Å². The predicted molar refractivity (Wildman–Crippen MR) is 126 cm³/mol. The van der Waals surface area contributed by atoms with Crippen LogP contribution in [0.15, 0.2) is 35.9 Å². The number of hydrogen-bond donors (Lipinski definition) is 2. The van der Waals surface area contributed by atoms with Gasteiger partial charge in [-0.3, -0.25) is 4.79 Å². The summed E-state index contributed by atoms with van der Waals surface area (Å²) in [6.45, 7) is 12.0. The Kier molecular flexibility index (Phi) is 9.82. The molecule has 1 aromatic carbocycles. The molecular weight excluding hydrogens is 406 g/mol. The van der Waals surface area contributed by atoms with E-state index in [-0.39, 0.29) is 30.7 Å². The third-order valence-corrected chi connectivity index (χ3v) is 5.85. The average Bonchev–Trinajstić information content (AvgIpc) is 2.72. The molecule has 2 rings (SSSR count). The van der Waals surface area contributed by atoms with Gasteiger partial charge in [0.15, 0.2) is 0 Å². The third-order valence-electron chi connectivity index (χ3n) is 5.85. The molecule has 0 aliphatic heterocycles. The highest BCUT2D eigenvalue weighted by Gasteiger charge is 2.31. The molecule has 0 bridgehead atoms. The van der Waals surface area contributed by atoms with Crippen LogP contribution >= 0.6 is 0 Å². The number of carbonyl (C=O) groups excluding carboxylic acids is 2. The highest BCUT2D eigenvalue weighted by molar-refractivity contribution is 5.79.